The number of hydrogen-bond acceptors (Lipinski definition) is 8. The zero-order valence-corrected chi connectivity index (χ0v) is 23.5. The summed E-state index contributed by atoms with van der Waals surface area (Å²) in [5.41, 5.74) is 0.448. The van der Waals surface area contributed by atoms with Crippen molar-refractivity contribution in [2.45, 2.75) is 79.2 Å². The van der Waals surface area contributed by atoms with Gasteiger partial charge in [-0.1, -0.05) is 70.2 Å². The first-order valence-electron chi connectivity index (χ1n) is 13.0. The number of Topliss-reactive ketones (excluding diaryl/α,β-unsaturated/α-hetero) is 1. The Bertz CT molecular complexity index is 1080. The molecule has 0 saturated carbocycles. The molecular weight excluding hydrogens is 484 g/mol. The molecule has 0 radical (unpaired) electrons. The highest BCUT2D eigenvalue weighted by atomic mass is 16.6. The van der Waals surface area contributed by atoms with Gasteiger partial charge in [-0.15, -0.1) is 5.10 Å². The molecule has 1 aromatic heterocycles. The maximum atomic E-state index is 14.6. The number of H-pyrrole nitrogens is 1. The van der Waals surface area contributed by atoms with Crippen molar-refractivity contribution in [3.05, 3.63) is 47.8 Å². The van der Waals surface area contributed by atoms with Crippen LogP contribution in [0, 0.1) is 23.2 Å². The van der Waals surface area contributed by atoms with Gasteiger partial charge in [0.15, 0.2) is 11.6 Å². The lowest BCUT2D eigenvalue weighted by Crippen LogP contribution is -2.57. The third kappa shape index (κ3) is 8.05. The van der Waals surface area contributed by atoms with E-state index in [1.807, 2.05) is 64.1 Å². The van der Waals surface area contributed by atoms with E-state index in [1.54, 1.807) is 26.8 Å². The van der Waals surface area contributed by atoms with Crippen LogP contribution in [0.2, 0.25) is 0 Å². The number of benzene rings is 1. The van der Waals surface area contributed by atoms with Gasteiger partial charge in [0.05, 0.1) is 11.8 Å². The van der Waals surface area contributed by atoms with E-state index < -0.39 is 40.5 Å². The Morgan fingerprint density at radius 1 is 1.08 bits per heavy atom. The zero-order chi connectivity index (χ0) is 28.5. The standard InChI is InChI=1S/C28H42N6O4/c1-18(2)16-21(24-31-33-34-32-24)23(35)28(17-19(3)4,26(37)30-29)22(25(36)38-27(5,6)7)15-11-14-20-12-9-8-10-13-20/h8-14,18-19,21-22H,15-17,29H2,1-7H3,(H,30,37)(H,31,32,33,34)/b14-11+/t21?,22-,28-/m1/s1. The normalized spacial score (nSPS) is 15.3. The van der Waals surface area contributed by atoms with Crippen LogP contribution in [0.25, 0.3) is 6.08 Å². The summed E-state index contributed by atoms with van der Waals surface area (Å²) in [6.45, 7) is 13.0. The quantitative estimate of drug-likeness (QED) is 0.116. The molecule has 1 unspecified atom stereocenters. The van der Waals surface area contributed by atoms with Crippen LogP contribution in [0.3, 0.4) is 0 Å². The first-order chi connectivity index (χ1) is 17.8. The number of nitrogens with zero attached hydrogens (tertiary/aromatic N) is 3. The molecule has 0 spiro atoms. The Morgan fingerprint density at radius 2 is 1.74 bits per heavy atom. The molecule has 0 aliphatic rings. The van der Waals surface area contributed by atoms with Crippen molar-refractivity contribution in [3.63, 3.8) is 0 Å². The number of aromatic nitrogens is 4. The number of carbonyl (C=O) groups is 3. The highest BCUT2D eigenvalue weighted by molar-refractivity contribution is 6.11. The molecule has 2 rings (SSSR count). The van der Waals surface area contributed by atoms with Crippen LogP contribution in [0.4, 0.5) is 0 Å². The SMILES string of the molecule is CC(C)CC(C(=O)[C@](CC(C)C)(C(=O)NN)[C@H](C/C=C/c1ccccc1)C(=O)OC(C)(C)C)c1nnn[nH]1. The van der Waals surface area contributed by atoms with Gasteiger partial charge in [-0.3, -0.25) is 19.8 Å². The molecule has 10 heteroatoms. The molecule has 2 aromatic rings. The highest BCUT2D eigenvalue weighted by Gasteiger charge is 2.57. The second-order valence-electron chi connectivity index (χ2n) is 11.5. The molecule has 1 aromatic carbocycles. The molecule has 3 atom stereocenters. The van der Waals surface area contributed by atoms with Crippen LogP contribution in [-0.4, -0.2) is 43.9 Å². The number of tetrazole rings is 1. The molecule has 208 valence electrons. The molecule has 0 saturated heterocycles. The third-order valence-electron chi connectivity index (χ3n) is 6.19. The summed E-state index contributed by atoms with van der Waals surface area (Å²) >= 11 is 0. The number of amides is 1. The molecule has 1 heterocycles. The van der Waals surface area contributed by atoms with E-state index in [0.717, 1.165) is 5.56 Å². The predicted octanol–water partition coefficient (Wildman–Crippen LogP) is 3.98. The van der Waals surface area contributed by atoms with Crippen LogP contribution in [0.15, 0.2) is 36.4 Å². The minimum atomic E-state index is -1.83. The Labute approximate surface area is 225 Å². The predicted molar refractivity (Wildman–Crippen MR) is 145 cm³/mol. The van der Waals surface area contributed by atoms with Gasteiger partial charge >= 0.3 is 5.97 Å². The van der Waals surface area contributed by atoms with Gasteiger partial charge in [-0.2, -0.15) is 0 Å². The molecule has 1 amide bonds. The van der Waals surface area contributed by atoms with Crippen molar-refractivity contribution in [2.75, 3.05) is 0 Å². The van der Waals surface area contributed by atoms with E-state index >= 15 is 0 Å². The second kappa shape index (κ2) is 13.4. The van der Waals surface area contributed by atoms with Gasteiger partial charge in [0, 0.05) is 0 Å². The number of allylic oxidation sites excluding steroid dienone is 1. The highest BCUT2D eigenvalue weighted by Crippen LogP contribution is 2.44. The van der Waals surface area contributed by atoms with E-state index in [-0.39, 0.29) is 30.5 Å². The van der Waals surface area contributed by atoms with Gasteiger partial charge in [-0.05, 0) is 67.9 Å². The summed E-state index contributed by atoms with van der Waals surface area (Å²) in [7, 11) is 0. The van der Waals surface area contributed by atoms with Crippen molar-refractivity contribution in [1.29, 1.82) is 0 Å². The van der Waals surface area contributed by atoms with Gasteiger partial charge in [-0.25, -0.2) is 10.9 Å². The number of hydrazine groups is 1. The van der Waals surface area contributed by atoms with Crippen molar-refractivity contribution < 1.29 is 19.1 Å². The number of nitrogens with one attached hydrogen (secondary N) is 2. The fraction of sp³-hybridized carbons (Fsp3) is 0.571. The van der Waals surface area contributed by atoms with Crippen LogP contribution < -0.4 is 11.3 Å². The van der Waals surface area contributed by atoms with E-state index in [4.69, 9.17) is 10.6 Å². The van der Waals surface area contributed by atoms with Gasteiger partial charge < -0.3 is 4.74 Å². The number of esters is 1. The number of ether oxygens (including phenoxy) is 1. The summed E-state index contributed by atoms with van der Waals surface area (Å²) in [4.78, 5) is 42.2. The summed E-state index contributed by atoms with van der Waals surface area (Å²) in [6, 6.07) is 9.57. The third-order valence-corrected chi connectivity index (χ3v) is 6.19. The summed E-state index contributed by atoms with van der Waals surface area (Å²) in [5, 5.41) is 14.0. The Kier molecular flexibility index (Phi) is 10.9. The topological polar surface area (TPSA) is 153 Å². The summed E-state index contributed by atoms with van der Waals surface area (Å²) in [6.07, 6.45) is 4.18. The second-order valence-corrected chi connectivity index (χ2v) is 11.5. The van der Waals surface area contributed by atoms with E-state index in [9.17, 15) is 14.4 Å². The number of ketones is 1. The van der Waals surface area contributed by atoms with E-state index in [1.165, 1.54) is 0 Å². The van der Waals surface area contributed by atoms with Crippen molar-refractivity contribution >= 4 is 23.7 Å². The van der Waals surface area contributed by atoms with Crippen molar-refractivity contribution in [3.8, 4) is 0 Å². The van der Waals surface area contributed by atoms with Gasteiger partial charge in [0.25, 0.3) is 0 Å². The maximum absolute atomic E-state index is 14.6. The average molecular weight is 527 g/mol. The van der Waals surface area contributed by atoms with Crippen LogP contribution in [0.5, 0.6) is 0 Å². The van der Waals surface area contributed by atoms with Gasteiger partial charge in [0.2, 0.25) is 5.91 Å². The lowest BCUT2D eigenvalue weighted by atomic mass is 9.62. The minimum absolute atomic E-state index is 0.0738. The van der Waals surface area contributed by atoms with E-state index in [0.29, 0.717) is 6.42 Å². The largest absolute Gasteiger partial charge is 0.460 e. The fourth-order valence-electron chi connectivity index (χ4n) is 4.77. The molecular formula is C28H42N6O4. The molecule has 0 aliphatic heterocycles. The van der Waals surface area contributed by atoms with Crippen LogP contribution in [0.1, 0.15) is 85.0 Å². The Morgan fingerprint density at radius 3 is 2.24 bits per heavy atom. The minimum Gasteiger partial charge on any atom is -0.460 e. The monoisotopic (exact) mass is 526 g/mol. The fourth-order valence-corrected chi connectivity index (χ4v) is 4.77. The number of carbonyl (C=O) groups excluding carboxylic acids is 3. The molecule has 38 heavy (non-hydrogen) atoms. The number of rotatable bonds is 13. The average Bonchev–Trinajstić information content (AvgIpc) is 3.37. The first-order valence-corrected chi connectivity index (χ1v) is 13.0. The van der Waals surface area contributed by atoms with E-state index in [2.05, 4.69) is 26.0 Å². The Hall–Kier alpha value is -3.40. The molecule has 0 fully saturated rings. The number of aromatic amines is 1. The van der Waals surface area contributed by atoms with Crippen molar-refractivity contribution in [2.24, 2.45) is 29.0 Å². The lowest BCUT2D eigenvalue weighted by Gasteiger charge is -2.40. The molecule has 4 N–H and O–H groups in total. The lowest BCUT2D eigenvalue weighted by molar-refractivity contribution is -0.172. The zero-order valence-electron chi connectivity index (χ0n) is 23.5. The number of hydrogen-bond donors (Lipinski definition) is 3. The maximum Gasteiger partial charge on any atom is 0.311 e. The molecule has 10 nitrogen and oxygen atoms in total. The van der Waals surface area contributed by atoms with Crippen LogP contribution >= 0.6 is 0 Å². The van der Waals surface area contributed by atoms with Crippen molar-refractivity contribution in [1.82, 2.24) is 26.0 Å². The Balaban J connectivity index is 2.74. The van der Waals surface area contributed by atoms with Crippen LogP contribution in [-0.2, 0) is 19.1 Å². The summed E-state index contributed by atoms with van der Waals surface area (Å²) in [5.74, 6) is 2.03. The molecule has 0 aliphatic carbocycles. The molecule has 0 bridgehead atoms. The van der Waals surface area contributed by atoms with Gasteiger partial charge in [0.1, 0.15) is 11.0 Å². The first kappa shape index (κ1) is 30.8. The summed E-state index contributed by atoms with van der Waals surface area (Å²) < 4.78 is 5.79. The smallest absolute Gasteiger partial charge is 0.311 e. The number of nitrogens with two attached hydrogens (primary N) is 1.